The molecule has 2 aromatic carbocycles. The van der Waals surface area contributed by atoms with E-state index in [1.54, 1.807) is 48.5 Å². The first kappa shape index (κ1) is 18.0. The second kappa shape index (κ2) is 8.47. The zero-order chi connectivity index (χ0) is 17.5. The highest BCUT2D eigenvalue weighted by Gasteiger charge is 2.14. The van der Waals surface area contributed by atoms with Gasteiger partial charge in [-0.3, -0.25) is 9.59 Å². The molecule has 0 radical (unpaired) electrons. The number of halogens is 1. The molecule has 3 N–H and O–H groups in total. The Hall–Kier alpha value is -2.37. The molecule has 0 bridgehead atoms. The van der Waals surface area contributed by atoms with Crippen LogP contribution in [0.3, 0.4) is 0 Å². The Bertz CT molecular complexity index is 716. The molecule has 0 aliphatic carbocycles. The molecule has 0 spiro atoms. The molecule has 1 atom stereocenters. The van der Waals surface area contributed by atoms with Gasteiger partial charge in [-0.05, 0) is 42.3 Å². The summed E-state index contributed by atoms with van der Waals surface area (Å²) in [5, 5.41) is 15.0. The molecule has 24 heavy (non-hydrogen) atoms. The molecule has 2 amide bonds. The topological polar surface area (TPSA) is 78.4 Å². The fraction of sp³-hybridized carbons (Fsp3) is 0.222. The van der Waals surface area contributed by atoms with Crippen LogP contribution in [0.5, 0.6) is 0 Å². The summed E-state index contributed by atoms with van der Waals surface area (Å²) >= 11 is 5.81. The standard InChI is InChI=1S/C18H19ClN2O3/c1-12(11-22)10-20-18(24)15-4-2-3-5-16(15)21-17(23)13-6-8-14(19)9-7-13/h2-9,12,22H,10-11H2,1H3,(H,20,24)(H,21,23). The highest BCUT2D eigenvalue weighted by Crippen LogP contribution is 2.17. The first-order valence-electron chi connectivity index (χ1n) is 7.56. The van der Waals surface area contributed by atoms with Crippen molar-refractivity contribution in [2.45, 2.75) is 6.92 Å². The third-order valence-corrected chi connectivity index (χ3v) is 3.70. The number of aliphatic hydroxyl groups excluding tert-OH is 1. The predicted octanol–water partition coefficient (Wildman–Crippen LogP) is 2.95. The van der Waals surface area contributed by atoms with Crippen molar-refractivity contribution < 1.29 is 14.7 Å². The maximum atomic E-state index is 12.3. The van der Waals surface area contributed by atoms with Gasteiger partial charge in [0.1, 0.15) is 0 Å². The van der Waals surface area contributed by atoms with Gasteiger partial charge in [0, 0.05) is 23.7 Å². The van der Waals surface area contributed by atoms with E-state index in [-0.39, 0.29) is 24.3 Å². The molecule has 126 valence electrons. The van der Waals surface area contributed by atoms with Crippen LogP contribution in [0, 0.1) is 5.92 Å². The molecular formula is C18H19ClN2O3. The summed E-state index contributed by atoms with van der Waals surface area (Å²) in [5.74, 6) is -0.664. The van der Waals surface area contributed by atoms with Crippen molar-refractivity contribution in [3.8, 4) is 0 Å². The van der Waals surface area contributed by atoms with Crippen LogP contribution < -0.4 is 10.6 Å². The van der Waals surface area contributed by atoms with Crippen LogP contribution in [0.1, 0.15) is 27.6 Å². The molecule has 1 unspecified atom stereocenters. The summed E-state index contributed by atoms with van der Waals surface area (Å²) < 4.78 is 0. The molecule has 0 aliphatic heterocycles. The van der Waals surface area contributed by atoms with E-state index in [0.29, 0.717) is 28.4 Å². The molecule has 0 aliphatic rings. The Morgan fingerprint density at radius 3 is 2.42 bits per heavy atom. The molecule has 5 nitrogen and oxygen atoms in total. The Morgan fingerprint density at radius 1 is 1.08 bits per heavy atom. The third kappa shape index (κ3) is 4.81. The fourth-order valence-corrected chi connectivity index (χ4v) is 2.14. The van der Waals surface area contributed by atoms with E-state index in [4.69, 9.17) is 16.7 Å². The smallest absolute Gasteiger partial charge is 0.255 e. The summed E-state index contributed by atoms with van der Waals surface area (Å²) in [4.78, 5) is 24.6. The van der Waals surface area contributed by atoms with E-state index in [1.165, 1.54) is 0 Å². The van der Waals surface area contributed by atoms with Crippen molar-refractivity contribution >= 4 is 29.1 Å². The minimum atomic E-state index is -0.323. The minimum Gasteiger partial charge on any atom is -0.396 e. The maximum Gasteiger partial charge on any atom is 0.255 e. The molecule has 0 saturated heterocycles. The van der Waals surface area contributed by atoms with Crippen LogP contribution in [0.2, 0.25) is 5.02 Å². The third-order valence-electron chi connectivity index (χ3n) is 3.45. The van der Waals surface area contributed by atoms with Gasteiger partial charge in [-0.25, -0.2) is 0 Å². The van der Waals surface area contributed by atoms with Crippen LogP contribution >= 0.6 is 11.6 Å². The number of benzene rings is 2. The van der Waals surface area contributed by atoms with Gasteiger partial charge in [-0.15, -0.1) is 0 Å². The molecule has 6 heteroatoms. The van der Waals surface area contributed by atoms with Gasteiger partial charge >= 0.3 is 0 Å². The van der Waals surface area contributed by atoms with Crippen molar-refractivity contribution in [2.24, 2.45) is 5.92 Å². The van der Waals surface area contributed by atoms with Crippen molar-refractivity contribution in [1.82, 2.24) is 5.32 Å². The number of para-hydroxylation sites is 1. The van der Waals surface area contributed by atoms with E-state index < -0.39 is 0 Å². The summed E-state index contributed by atoms with van der Waals surface area (Å²) in [5.41, 5.74) is 1.24. The number of carbonyl (C=O) groups is 2. The summed E-state index contributed by atoms with van der Waals surface area (Å²) in [6, 6.07) is 13.3. The summed E-state index contributed by atoms with van der Waals surface area (Å²) in [7, 11) is 0. The van der Waals surface area contributed by atoms with Crippen LogP contribution in [0.15, 0.2) is 48.5 Å². The Morgan fingerprint density at radius 2 is 1.75 bits per heavy atom. The zero-order valence-electron chi connectivity index (χ0n) is 13.3. The normalized spacial score (nSPS) is 11.6. The number of hydrogen-bond acceptors (Lipinski definition) is 3. The van der Waals surface area contributed by atoms with Crippen LogP contribution in [-0.4, -0.2) is 30.1 Å². The Kier molecular flexibility index (Phi) is 6.35. The minimum absolute atomic E-state index is 0.00473. The number of nitrogens with one attached hydrogen (secondary N) is 2. The van der Waals surface area contributed by atoms with Crippen molar-refractivity contribution in [3.05, 3.63) is 64.7 Å². The number of hydrogen-bond donors (Lipinski definition) is 3. The van der Waals surface area contributed by atoms with Crippen LogP contribution in [0.25, 0.3) is 0 Å². The summed E-state index contributed by atoms with van der Waals surface area (Å²) in [6.07, 6.45) is 0. The number of anilines is 1. The zero-order valence-corrected chi connectivity index (χ0v) is 14.0. The second-order valence-electron chi connectivity index (χ2n) is 5.50. The average molecular weight is 347 g/mol. The lowest BCUT2D eigenvalue weighted by molar-refractivity contribution is 0.0943. The monoisotopic (exact) mass is 346 g/mol. The van der Waals surface area contributed by atoms with E-state index in [0.717, 1.165) is 0 Å². The molecule has 0 fully saturated rings. The number of aliphatic hydroxyl groups is 1. The lowest BCUT2D eigenvalue weighted by atomic mass is 10.1. The van der Waals surface area contributed by atoms with Gasteiger partial charge in [0.2, 0.25) is 0 Å². The largest absolute Gasteiger partial charge is 0.396 e. The van der Waals surface area contributed by atoms with Gasteiger partial charge in [-0.2, -0.15) is 0 Å². The van der Waals surface area contributed by atoms with E-state index in [9.17, 15) is 9.59 Å². The Balaban J connectivity index is 2.12. The second-order valence-corrected chi connectivity index (χ2v) is 5.94. The van der Waals surface area contributed by atoms with Gasteiger partial charge in [0.25, 0.3) is 11.8 Å². The molecule has 2 aromatic rings. The highest BCUT2D eigenvalue weighted by molar-refractivity contribution is 6.30. The number of rotatable bonds is 6. The molecule has 0 aromatic heterocycles. The highest BCUT2D eigenvalue weighted by atomic mass is 35.5. The van der Waals surface area contributed by atoms with E-state index >= 15 is 0 Å². The fourth-order valence-electron chi connectivity index (χ4n) is 2.01. The number of carbonyl (C=O) groups excluding carboxylic acids is 2. The first-order chi connectivity index (χ1) is 11.5. The maximum absolute atomic E-state index is 12.3. The van der Waals surface area contributed by atoms with Gasteiger partial charge in [-0.1, -0.05) is 30.7 Å². The van der Waals surface area contributed by atoms with E-state index in [1.807, 2.05) is 6.92 Å². The van der Waals surface area contributed by atoms with Crippen LogP contribution in [-0.2, 0) is 0 Å². The van der Waals surface area contributed by atoms with Crippen molar-refractivity contribution in [2.75, 3.05) is 18.5 Å². The average Bonchev–Trinajstić information content (AvgIpc) is 2.60. The molecule has 2 rings (SSSR count). The first-order valence-corrected chi connectivity index (χ1v) is 7.94. The van der Waals surface area contributed by atoms with Crippen molar-refractivity contribution in [3.63, 3.8) is 0 Å². The quantitative estimate of drug-likeness (QED) is 0.752. The van der Waals surface area contributed by atoms with Crippen molar-refractivity contribution in [1.29, 1.82) is 0 Å². The lowest BCUT2D eigenvalue weighted by Gasteiger charge is -2.13. The van der Waals surface area contributed by atoms with Gasteiger partial charge < -0.3 is 15.7 Å². The SMILES string of the molecule is CC(CO)CNC(=O)c1ccccc1NC(=O)c1ccc(Cl)cc1. The van der Waals surface area contributed by atoms with E-state index in [2.05, 4.69) is 10.6 Å². The van der Waals surface area contributed by atoms with Gasteiger partial charge in [0.05, 0.1) is 11.3 Å². The predicted molar refractivity (Wildman–Crippen MR) is 94.4 cm³/mol. The molecular weight excluding hydrogens is 328 g/mol. The molecule has 0 heterocycles. The number of amides is 2. The van der Waals surface area contributed by atoms with Gasteiger partial charge in [0.15, 0.2) is 0 Å². The Labute approximate surface area is 145 Å². The molecule has 0 saturated carbocycles. The lowest BCUT2D eigenvalue weighted by Crippen LogP contribution is -2.30. The summed E-state index contributed by atoms with van der Waals surface area (Å²) in [6.45, 7) is 2.18. The van der Waals surface area contributed by atoms with Crippen LogP contribution in [0.4, 0.5) is 5.69 Å².